The zero-order chi connectivity index (χ0) is 17.7. The van der Waals surface area contributed by atoms with Gasteiger partial charge in [-0.2, -0.15) is 13.2 Å². The van der Waals surface area contributed by atoms with Gasteiger partial charge in [-0.3, -0.25) is 0 Å². The van der Waals surface area contributed by atoms with Crippen molar-refractivity contribution in [3.05, 3.63) is 71.0 Å². The lowest BCUT2D eigenvalue weighted by molar-refractivity contribution is -0.137. The summed E-state index contributed by atoms with van der Waals surface area (Å²) in [6.45, 7) is 1.77. The fourth-order valence-electron chi connectivity index (χ4n) is 2.10. The molecule has 24 heavy (non-hydrogen) atoms. The summed E-state index contributed by atoms with van der Waals surface area (Å²) in [5, 5.41) is 5.13. The van der Waals surface area contributed by atoms with Crippen molar-refractivity contribution in [3.63, 3.8) is 0 Å². The van der Waals surface area contributed by atoms with E-state index < -0.39 is 23.8 Å². The number of rotatable bonds is 4. The molecule has 0 saturated heterocycles. The van der Waals surface area contributed by atoms with E-state index in [1.165, 1.54) is 36.4 Å². The van der Waals surface area contributed by atoms with Crippen LogP contribution in [0, 0.1) is 5.82 Å². The number of benzene rings is 2. The maximum Gasteiger partial charge on any atom is 0.416 e. The summed E-state index contributed by atoms with van der Waals surface area (Å²) in [5.41, 5.74) is 0.292. The number of hydrogen-bond donors (Lipinski definition) is 2. The summed E-state index contributed by atoms with van der Waals surface area (Å²) in [6, 6.07) is 9.30. The lowest BCUT2D eigenvalue weighted by atomic mass is 10.1. The van der Waals surface area contributed by atoms with Crippen LogP contribution >= 0.6 is 0 Å². The number of urea groups is 1. The summed E-state index contributed by atoms with van der Waals surface area (Å²) >= 11 is 0. The number of carbonyl (C=O) groups excluding carboxylic acids is 1. The largest absolute Gasteiger partial charge is 0.416 e. The Morgan fingerprint density at radius 3 is 2.42 bits per heavy atom. The summed E-state index contributed by atoms with van der Waals surface area (Å²) < 4.78 is 50.9. The highest BCUT2D eigenvalue weighted by Gasteiger charge is 2.30. The summed E-state index contributed by atoms with van der Waals surface area (Å²) in [4.78, 5) is 11.8. The predicted octanol–water partition coefficient (Wildman–Crippen LogP) is 4.40. The SMILES string of the molecule is CC(NC(=O)NCc1ccc(F)cc1)c1cccc(C(F)(F)F)c1. The van der Waals surface area contributed by atoms with E-state index in [4.69, 9.17) is 0 Å². The molecule has 0 spiro atoms. The zero-order valence-electron chi connectivity index (χ0n) is 12.8. The van der Waals surface area contributed by atoms with Gasteiger partial charge in [-0.15, -0.1) is 0 Å². The summed E-state index contributed by atoms with van der Waals surface area (Å²) in [7, 11) is 0. The second kappa shape index (κ2) is 7.33. The molecular formula is C17H16F4N2O. The molecule has 1 unspecified atom stereocenters. The van der Waals surface area contributed by atoms with Crippen LogP contribution in [-0.4, -0.2) is 6.03 Å². The molecule has 0 aliphatic heterocycles. The number of carbonyl (C=O) groups is 1. The van der Waals surface area contributed by atoms with Crippen molar-refractivity contribution in [2.45, 2.75) is 25.7 Å². The van der Waals surface area contributed by atoms with Crippen LogP contribution < -0.4 is 10.6 Å². The smallest absolute Gasteiger partial charge is 0.334 e. The second-order valence-electron chi connectivity index (χ2n) is 5.30. The minimum absolute atomic E-state index is 0.182. The van der Waals surface area contributed by atoms with Crippen LogP contribution in [0.4, 0.5) is 22.4 Å². The molecule has 3 nitrogen and oxygen atoms in total. The molecule has 0 fully saturated rings. The number of nitrogens with one attached hydrogen (secondary N) is 2. The van der Waals surface area contributed by atoms with Crippen LogP contribution in [0.25, 0.3) is 0 Å². The quantitative estimate of drug-likeness (QED) is 0.796. The molecule has 0 heterocycles. The average molecular weight is 340 g/mol. The fourth-order valence-corrected chi connectivity index (χ4v) is 2.10. The first kappa shape index (κ1) is 17.8. The highest BCUT2D eigenvalue weighted by Crippen LogP contribution is 2.30. The molecule has 0 aromatic heterocycles. The van der Waals surface area contributed by atoms with Crippen molar-refractivity contribution in [2.75, 3.05) is 0 Å². The molecule has 0 radical (unpaired) electrons. The Morgan fingerprint density at radius 2 is 1.79 bits per heavy atom. The molecule has 0 aliphatic rings. The minimum atomic E-state index is -4.43. The number of alkyl halides is 3. The molecule has 2 N–H and O–H groups in total. The molecule has 2 aromatic rings. The van der Waals surface area contributed by atoms with E-state index in [0.717, 1.165) is 12.1 Å². The van der Waals surface area contributed by atoms with Gasteiger partial charge in [-0.25, -0.2) is 9.18 Å². The molecule has 1 atom stereocenters. The normalized spacial score (nSPS) is 12.5. The topological polar surface area (TPSA) is 41.1 Å². The van der Waals surface area contributed by atoms with Gasteiger partial charge in [0.25, 0.3) is 0 Å². The molecule has 128 valence electrons. The lowest BCUT2D eigenvalue weighted by Crippen LogP contribution is -2.36. The van der Waals surface area contributed by atoms with Crippen LogP contribution in [0.5, 0.6) is 0 Å². The van der Waals surface area contributed by atoms with Gasteiger partial charge in [0.2, 0.25) is 0 Å². The van der Waals surface area contributed by atoms with Gasteiger partial charge in [-0.05, 0) is 42.3 Å². The lowest BCUT2D eigenvalue weighted by Gasteiger charge is -2.16. The van der Waals surface area contributed by atoms with Crippen molar-refractivity contribution in [1.82, 2.24) is 10.6 Å². The summed E-state index contributed by atoms with van der Waals surface area (Å²) in [5.74, 6) is -0.374. The minimum Gasteiger partial charge on any atom is -0.334 e. The van der Waals surface area contributed by atoms with Gasteiger partial charge in [0.15, 0.2) is 0 Å². The van der Waals surface area contributed by atoms with Crippen molar-refractivity contribution in [2.24, 2.45) is 0 Å². The van der Waals surface area contributed by atoms with Gasteiger partial charge in [0, 0.05) is 6.54 Å². The van der Waals surface area contributed by atoms with Crippen LogP contribution in [0.15, 0.2) is 48.5 Å². The zero-order valence-corrected chi connectivity index (χ0v) is 12.8. The molecule has 0 saturated carbocycles. The van der Waals surface area contributed by atoms with Crippen LogP contribution in [0.1, 0.15) is 29.7 Å². The van der Waals surface area contributed by atoms with Crippen LogP contribution in [-0.2, 0) is 12.7 Å². The first-order chi connectivity index (χ1) is 11.3. The predicted molar refractivity (Wildman–Crippen MR) is 81.6 cm³/mol. The highest BCUT2D eigenvalue weighted by molar-refractivity contribution is 5.74. The number of amides is 2. The molecule has 2 amide bonds. The third kappa shape index (κ3) is 4.97. The standard InChI is InChI=1S/C17H16F4N2O/c1-11(13-3-2-4-14(9-13)17(19,20)21)23-16(24)22-10-12-5-7-15(18)8-6-12/h2-9,11H,10H2,1H3,(H2,22,23,24). The highest BCUT2D eigenvalue weighted by atomic mass is 19.4. The van der Waals surface area contributed by atoms with E-state index in [1.807, 2.05) is 0 Å². The van der Waals surface area contributed by atoms with Gasteiger partial charge >= 0.3 is 12.2 Å². The van der Waals surface area contributed by atoms with E-state index >= 15 is 0 Å². The average Bonchev–Trinajstić information content (AvgIpc) is 2.53. The monoisotopic (exact) mass is 340 g/mol. The van der Waals surface area contributed by atoms with Gasteiger partial charge in [-0.1, -0.05) is 24.3 Å². The summed E-state index contributed by atoms with van der Waals surface area (Å²) in [6.07, 6.45) is -4.43. The fraction of sp³-hybridized carbons (Fsp3) is 0.235. The first-order valence-electron chi connectivity index (χ1n) is 7.21. The van der Waals surface area contributed by atoms with E-state index in [2.05, 4.69) is 10.6 Å². The number of halogens is 4. The van der Waals surface area contributed by atoms with E-state index in [-0.39, 0.29) is 12.4 Å². The Hall–Kier alpha value is -2.57. The molecular weight excluding hydrogens is 324 g/mol. The van der Waals surface area contributed by atoms with Crippen LogP contribution in [0.2, 0.25) is 0 Å². The van der Waals surface area contributed by atoms with Gasteiger partial charge < -0.3 is 10.6 Å². The molecule has 7 heteroatoms. The Morgan fingerprint density at radius 1 is 1.12 bits per heavy atom. The van der Waals surface area contributed by atoms with Gasteiger partial charge in [0.05, 0.1) is 11.6 Å². The molecule has 0 aliphatic carbocycles. The van der Waals surface area contributed by atoms with Crippen LogP contribution in [0.3, 0.4) is 0 Å². The number of hydrogen-bond acceptors (Lipinski definition) is 1. The maximum atomic E-state index is 12.8. The molecule has 2 rings (SSSR count). The van der Waals surface area contributed by atoms with Crippen molar-refractivity contribution in [1.29, 1.82) is 0 Å². The first-order valence-corrected chi connectivity index (χ1v) is 7.21. The maximum absolute atomic E-state index is 12.8. The molecule has 0 bridgehead atoms. The Labute approximate surface area is 136 Å². The Bertz CT molecular complexity index is 698. The third-order valence-corrected chi connectivity index (χ3v) is 3.43. The van der Waals surface area contributed by atoms with E-state index in [1.54, 1.807) is 6.92 Å². The Balaban J connectivity index is 1.92. The van der Waals surface area contributed by atoms with E-state index in [9.17, 15) is 22.4 Å². The van der Waals surface area contributed by atoms with Gasteiger partial charge in [0.1, 0.15) is 5.82 Å². The van der Waals surface area contributed by atoms with Crippen molar-refractivity contribution >= 4 is 6.03 Å². The molecule has 2 aromatic carbocycles. The van der Waals surface area contributed by atoms with Crippen molar-refractivity contribution in [3.8, 4) is 0 Å². The second-order valence-corrected chi connectivity index (χ2v) is 5.30. The van der Waals surface area contributed by atoms with E-state index in [0.29, 0.717) is 11.1 Å². The Kier molecular flexibility index (Phi) is 5.43. The third-order valence-electron chi connectivity index (χ3n) is 3.43. The van der Waals surface area contributed by atoms with Crippen molar-refractivity contribution < 1.29 is 22.4 Å².